The van der Waals surface area contributed by atoms with Gasteiger partial charge in [-0.3, -0.25) is 0 Å². The van der Waals surface area contributed by atoms with Crippen molar-refractivity contribution in [2.24, 2.45) is 5.92 Å². The second-order valence-electron chi connectivity index (χ2n) is 6.33. The summed E-state index contributed by atoms with van der Waals surface area (Å²) < 4.78 is 60.8. The highest BCUT2D eigenvalue weighted by atomic mass is 19.4. The Morgan fingerprint density at radius 1 is 1.28 bits per heavy atom. The predicted molar refractivity (Wildman–Crippen MR) is 89.0 cm³/mol. The second-order valence-corrected chi connectivity index (χ2v) is 6.33. The van der Waals surface area contributed by atoms with E-state index < -0.39 is 30.0 Å². The number of aromatic nitrogens is 3. The van der Waals surface area contributed by atoms with Gasteiger partial charge in [0, 0.05) is 37.3 Å². The van der Waals surface area contributed by atoms with E-state index in [2.05, 4.69) is 15.4 Å². The molecule has 0 amide bonds. The Balaban J connectivity index is 0.000000370. The van der Waals surface area contributed by atoms with Crippen LogP contribution in [0.25, 0.3) is 5.52 Å². The summed E-state index contributed by atoms with van der Waals surface area (Å²) in [6.45, 7) is 0.104. The normalized spacial score (nSPS) is 18.6. The van der Waals surface area contributed by atoms with Crippen molar-refractivity contribution in [2.45, 2.75) is 37.8 Å². The fourth-order valence-electron chi connectivity index (χ4n) is 2.80. The number of aromatic carboxylic acids is 1. The summed E-state index contributed by atoms with van der Waals surface area (Å²) in [4.78, 5) is 24.0. The van der Waals surface area contributed by atoms with E-state index in [9.17, 15) is 26.7 Å². The zero-order valence-electron chi connectivity index (χ0n) is 14.8. The lowest BCUT2D eigenvalue weighted by Gasteiger charge is -2.31. The molecule has 160 valence electrons. The van der Waals surface area contributed by atoms with E-state index in [1.54, 1.807) is 0 Å². The number of anilines is 1. The molecule has 29 heavy (non-hydrogen) atoms. The third kappa shape index (κ3) is 5.74. The number of fused-ring (bicyclic) bond motifs is 1. The molecule has 8 nitrogen and oxygen atoms in total. The molecule has 1 aliphatic carbocycles. The van der Waals surface area contributed by atoms with Gasteiger partial charge in [0.25, 0.3) is 5.92 Å². The zero-order valence-corrected chi connectivity index (χ0v) is 14.8. The average Bonchev–Trinajstić information content (AvgIpc) is 3.05. The van der Waals surface area contributed by atoms with Crippen LogP contribution >= 0.6 is 0 Å². The highest BCUT2D eigenvalue weighted by Crippen LogP contribution is 2.38. The Morgan fingerprint density at radius 3 is 2.48 bits per heavy atom. The van der Waals surface area contributed by atoms with Gasteiger partial charge in [-0.15, -0.1) is 0 Å². The Bertz CT molecular complexity index is 884. The summed E-state index contributed by atoms with van der Waals surface area (Å²) in [7, 11) is 0. The van der Waals surface area contributed by atoms with Crippen molar-refractivity contribution in [2.75, 3.05) is 11.9 Å². The summed E-state index contributed by atoms with van der Waals surface area (Å²) >= 11 is 0. The van der Waals surface area contributed by atoms with E-state index in [0.29, 0.717) is 24.2 Å². The van der Waals surface area contributed by atoms with Gasteiger partial charge in [-0.2, -0.15) is 18.3 Å². The molecule has 2 heterocycles. The lowest BCUT2D eigenvalue weighted by atomic mass is 9.85. The second kappa shape index (κ2) is 8.57. The van der Waals surface area contributed by atoms with E-state index in [1.165, 1.54) is 23.0 Å². The quantitative estimate of drug-likeness (QED) is 0.645. The summed E-state index contributed by atoms with van der Waals surface area (Å²) in [6.07, 6.45) is -0.359. The largest absolute Gasteiger partial charge is 0.490 e. The van der Waals surface area contributed by atoms with Gasteiger partial charge < -0.3 is 15.5 Å². The first-order valence-corrected chi connectivity index (χ1v) is 8.41. The van der Waals surface area contributed by atoms with Gasteiger partial charge in [0.15, 0.2) is 11.5 Å². The van der Waals surface area contributed by atoms with E-state index in [-0.39, 0.29) is 18.7 Å². The van der Waals surface area contributed by atoms with Crippen molar-refractivity contribution in [3.8, 4) is 0 Å². The molecule has 3 N–H and O–H groups in total. The number of carboxylic acid groups (broad SMARTS) is 2. The monoisotopic (exact) mass is 424 g/mol. The molecule has 2 aromatic rings. The van der Waals surface area contributed by atoms with E-state index >= 15 is 0 Å². The average molecular weight is 424 g/mol. The maximum atomic E-state index is 13.8. The summed E-state index contributed by atoms with van der Waals surface area (Å²) in [5.41, 5.74) is 0.345. The Morgan fingerprint density at radius 2 is 1.93 bits per heavy atom. The molecule has 0 aliphatic heterocycles. The molecular weight excluding hydrogens is 407 g/mol. The van der Waals surface area contributed by atoms with Gasteiger partial charge in [-0.1, -0.05) is 6.42 Å². The first kappa shape index (κ1) is 22.3. The van der Waals surface area contributed by atoms with Gasteiger partial charge in [-0.05, 0) is 12.8 Å². The highest BCUT2D eigenvalue weighted by Gasteiger charge is 2.41. The van der Waals surface area contributed by atoms with Gasteiger partial charge in [0.05, 0.1) is 0 Å². The molecule has 0 radical (unpaired) electrons. The van der Waals surface area contributed by atoms with Gasteiger partial charge >= 0.3 is 18.1 Å². The fraction of sp³-hybridized carbons (Fsp3) is 0.500. The molecule has 1 saturated carbocycles. The van der Waals surface area contributed by atoms with E-state index in [1.807, 2.05) is 0 Å². The number of nitrogens with zero attached hydrogens (tertiary/aromatic N) is 3. The molecule has 1 unspecified atom stereocenters. The van der Waals surface area contributed by atoms with Gasteiger partial charge in [-0.25, -0.2) is 27.9 Å². The molecule has 1 aliphatic rings. The van der Waals surface area contributed by atoms with Crippen molar-refractivity contribution in [3.05, 3.63) is 24.2 Å². The van der Waals surface area contributed by atoms with Gasteiger partial charge in [0.1, 0.15) is 5.52 Å². The zero-order chi connectivity index (χ0) is 21.8. The first-order chi connectivity index (χ1) is 13.4. The number of aliphatic carboxylic acids is 1. The Labute approximate surface area is 160 Å². The van der Waals surface area contributed by atoms with Crippen LogP contribution < -0.4 is 5.32 Å². The molecule has 1 fully saturated rings. The minimum absolute atomic E-state index is 0.0766. The summed E-state index contributed by atoms with van der Waals surface area (Å²) in [5, 5.41) is 22.9. The van der Waals surface area contributed by atoms with Crippen LogP contribution in [-0.2, 0) is 4.79 Å². The van der Waals surface area contributed by atoms with Crippen molar-refractivity contribution in [1.29, 1.82) is 0 Å². The number of carboxylic acids is 2. The van der Waals surface area contributed by atoms with Gasteiger partial charge in [0.2, 0.25) is 0 Å². The Kier molecular flexibility index (Phi) is 6.59. The maximum Gasteiger partial charge on any atom is 0.490 e. The minimum Gasteiger partial charge on any atom is -0.476 e. The maximum absolute atomic E-state index is 13.8. The number of alkyl halides is 5. The van der Waals surface area contributed by atoms with Crippen molar-refractivity contribution < 1.29 is 41.8 Å². The standard InChI is InChI=1S/C14H16F2N4O2.C2HF3O2/c15-14(16)4-2-1-3-9(14)8-18-12-11-7-10(13(21)22)19-20(11)6-5-17-12;3-2(4,5)1(6)7/h5-7,9H,1-4,8H2,(H,17,18)(H,21,22);(H,6,7). The van der Waals surface area contributed by atoms with Crippen LogP contribution in [0.2, 0.25) is 0 Å². The smallest absolute Gasteiger partial charge is 0.476 e. The highest BCUT2D eigenvalue weighted by molar-refractivity contribution is 5.88. The van der Waals surface area contributed by atoms with E-state index in [0.717, 1.165) is 6.42 Å². The van der Waals surface area contributed by atoms with Crippen molar-refractivity contribution in [3.63, 3.8) is 0 Å². The number of rotatable bonds is 4. The van der Waals surface area contributed by atoms with Crippen LogP contribution in [0.1, 0.15) is 36.2 Å². The van der Waals surface area contributed by atoms with Crippen molar-refractivity contribution >= 4 is 23.3 Å². The molecule has 13 heteroatoms. The number of hydrogen-bond acceptors (Lipinski definition) is 5. The molecule has 0 bridgehead atoms. The van der Waals surface area contributed by atoms with Crippen molar-refractivity contribution in [1.82, 2.24) is 14.6 Å². The van der Waals surface area contributed by atoms with Crippen LogP contribution in [0, 0.1) is 5.92 Å². The third-order valence-corrected chi connectivity index (χ3v) is 4.28. The summed E-state index contributed by atoms with van der Waals surface area (Å²) in [5.74, 6) is -6.93. The van der Waals surface area contributed by atoms with Crippen LogP contribution in [0.15, 0.2) is 18.5 Å². The minimum atomic E-state index is -5.08. The van der Waals surface area contributed by atoms with Crippen LogP contribution in [0.4, 0.5) is 27.8 Å². The van der Waals surface area contributed by atoms with Crippen LogP contribution in [0.5, 0.6) is 0 Å². The molecule has 3 rings (SSSR count). The molecule has 0 spiro atoms. The number of halogens is 5. The van der Waals surface area contributed by atoms with E-state index in [4.69, 9.17) is 15.0 Å². The molecular formula is C16H17F5N4O4. The lowest BCUT2D eigenvalue weighted by Crippen LogP contribution is -2.36. The molecule has 0 saturated heterocycles. The summed E-state index contributed by atoms with van der Waals surface area (Å²) in [6, 6.07) is 1.37. The third-order valence-electron chi connectivity index (χ3n) is 4.28. The first-order valence-electron chi connectivity index (χ1n) is 8.41. The van der Waals surface area contributed by atoms with Crippen LogP contribution in [-0.4, -0.2) is 55.4 Å². The SMILES string of the molecule is O=C(O)C(F)(F)F.O=C(O)c1cc2c(NCC3CCCCC3(F)F)nccn2n1. The number of hydrogen-bond donors (Lipinski definition) is 3. The number of carbonyl (C=O) groups is 2. The molecule has 1 atom stereocenters. The topological polar surface area (TPSA) is 117 Å². The predicted octanol–water partition coefficient (Wildman–Crippen LogP) is 3.30. The lowest BCUT2D eigenvalue weighted by molar-refractivity contribution is -0.192. The van der Waals surface area contributed by atoms with Crippen LogP contribution in [0.3, 0.4) is 0 Å². The fourth-order valence-corrected chi connectivity index (χ4v) is 2.80. The molecule has 0 aromatic carbocycles. The Hall–Kier alpha value is -2.99. The molecule has 2 aromatic heterocycles. The number of nitrogens with one attached hydrogen (secondary N) is 1.